The predicted octanol–water partition coefficient (Wildman–Crippen LogP) is 4.40. The second-order valence-corrected chi connectivity index (χ2v) is 8.92. The molecule has 1 aromatic rings. The Labute approximate surface area is 194 Å². The van der Waals surface area contributed by atoms with Crippen molar-refractivity contribution in [2.75, 3.05) is 46.4 Å². The minimum Gasteiger partial charge on any atom is -0.410 e. The summed E-state index contributed by atoms with van der Waals surface area (Å²) >= 11 is 0. The van der Waals surface area contributed by atoms with E-state index < -0.39 is 17.8 Å². The first-order valence-corrected chi connectivity index (χ1v) is 11.8. The average Bonchev–Trinajstić information content (AvgIpc) is 2.78. The Hall–Kier alpha value is -1.84. The van der Waals surface area contributed by atoms with Crippen LogP contribution in [0, 0.1) is 11.8 Å². The Balaban J connectivity index is 1.64. The van der Waals surface area contributed by atoms with Gasteiger partial charge in [0.05, 0.1) is 18.8 Å². The number of aliphatic hydroxyl groups excluding tert-OH is 2. The van der Waals surface area contributed by atoms with Crippen LogP contribution < -0.4 is 4.74 Å². The fourth-order valence-electron chi connectivity index (χ4n) is 4.39. The van der Waals surface area contributed by atoms with E-state index in [1.165, 1.54) is 17.7 Å². The first kappa shape index (κ1) is 27.4. The Bertz CT molecular complexity index is 686. The standard InChI is InChI=1S/C24H37F3N2O4/c1-28(23(32)33-22-10-8-21(9-11-22)24(25,26)27)14-12-20-6-4-19(5-7-20)3-2-13-29(15-17-30)16-18-31/h8-11,19-20,30-31H,2-7,12-18H2,1H3/t19-,20-. The van der Waals surface area contributed by atoms with Crippen LogP contribution in [0.5, 0.6) is 5.75 Å². The van der Waals surface area contributed by atoms with Crippen LogP contribution >= 0.6 is 0 Å². The molecule has 0 heterocycles. The topological polar surface area (TPSA) is 73.2 Å². The lowest BCUT2D eigenvalue weighted by atomic mass is 9.78. The van der Waals surface area contributed by atoms with Gasteiger partial charge in [0.1, 0.15) is 5.75 Å². The Morgan fingerprint density at radius 1 is 0.939 bits per heavy atom. The lowest BCUT2D eigenvalue weighted by molar-refractivity contribution is -0.137. The lowest BCUT2D eigenvalue weighted by Crippen LogP contribution is -2.32. The Morgan fingerprint density at radius 3 is 2.00 bits per heavy atom. The molecule has 1 aliphatic carbocycles. The summed E-state index contributed by atoms with van der Waals surface area (Å²) in [7, 11) is 1.64. The molecule has 0 spiro atoms. The Kier molecular flexibility index (Phi) is 11.4. The third-order valence-corrected chi connectivity index (χ3v) is 6.46. The third-order valence-electron chi connectivity index (χ3n) is 6.46. The zero-order valence-electron chi connectivity index (χ0n) is 19.4. The number of aliphatic hydroxyl groups is 2. The molecular weight excluding hydrogens is 437 g/mol. The summed E-state index contributed by atoms with van der Waals surface area (Å²) < 4.78 is 43.1. The lowest BCUT2D eigenvalue weighted by Gasteiger charge is -2.30. The maximum Gasteiger partial charge on any atom is 0.416 e. The summed E-state index contributed by atoms with van der Waals surface area (Å²) in [5.74, 6) is 1.36. The molecule has 1 aliphatic rings. The average molecular weight is 475 g/mol. The van der Waals surface area contributed by atoms with Crippen molar-refractivity contribution in [1.82, 2.24) is 9.80 Å². The van der Waals surface area contributed by atoms with Gasteiger partial charge in [-0.2, -0.15) is 13.2 Å². The van der Waals surface area contributed by atoms with Crippen molar-refractivity contribution < 1.29 is 32.9 Å². The van der Waals surface area contributed by atoms with E-state index in [-0.39, 0.29) is 19.0 Å². The highest BCUT2D eigenvalue weighted by atomic mass is 19.4. The number of carbonyl (C=O) groups is 1. The molecule has 0 bridgehead atoms. The van der Waals surface area contributed by atoms with Gasteiger partial charge >= 0.3 is 12.3 Å². The first-order chi connectivity index (χ1) is 15.7. The van der Waals surface area contributed by atoms with E-state index in [4.69, 9.17) is 14.9 Å². The van der Waals surface area contributed by atoms with Crippen LogP contribution in [0.25, 0.3) is 0 Å². The number of nitrogens with zero attached hydrogens (tertiary/aromatic N) is 2. The van der Waals surface area contributed by atoms with Crippen LogP contribution in [-0.2, 0) is 6.18 Å². The SMILES string of the molecule is CN(CC[C@H]1CC[C@H](CCCN(CCO)CCO)CC1)C(=O)Oc1ccc(C(F)(F)F)cc1. The smallest absolute Gasteiger partial charge is 0.410 e. The van der Waals surface area contributed by atoms with Crippen LogP contribution in [0.2, 0.25) is 0 Å². The molecule has 0 atom stereocenters. The van der Waals surface area contributed by atoms with Crippen LogP contribution in [-0.4, -0.2) is 72.5 Å². The number of carbonyl (C=O) groups excluding carboxylic acids is 1. The van der Waals surface area contributed by atoms with E-state index in [9.17, 15) is 18.0 Å². The van der Waals surface area contributed by atoms with Gasteiger partial charge in [0.25, 0.3) is 0 Å². The van der Waals surface area contributed by atoms with Gasteiger partial charge in [-0.3, -0.25) is 4.90 Å². The number of ether oxygens (including phenoxy) is 1. The minimum absolute atomic E-state index is 0.0944. The first-order valence-electron chi connectivity index (χ1n) is 11.8. The molecule has 188 valence electrons. The van der Waals surface area contributed by atoms with Crippen LogP contribution in [0.3, 0.4) is 0 Å². The number of amides is 1. The fourth-order valence-corrected chi connectivity index (χ4v) is 4.39. The van der Waals surface area contributed by atoms with Crippen molar-refractivity contribution in [3.63, 3.8) is 0 Å². The highest BCUT2D eigenvalue weighted by molar-refractivity contribution is 5.70. The van der Waals surface area contributed by atoms with Crippen LogP contribution in [0.1, 0.15) is 50.5 Å². The van der Waals surface area contributed by atoms with Crippen molar-refractivity contribution in [1.29, 1.82) is 0 Å². The highest BCUT2D eigenvalue weighted by Gasteiger charge is 2.30. The molecule has 0 saturated heterocycles. The van der Waals surface area contributed by atoms with E-state index >= 15 is 0 Å². The molecule has 2 rings (SSSR count). The second-order valence-electron chi connectivity index (χ2n) is 8.92. The molecule has 6 nitrogen and oxygen atoms in total. The summed E-state index contributed by atoms with van der Waals surface area (Å²) in [6, 6.07) is 4.11. The van der Waals surface area contributed by atoms with Gasteiger partial charge in [-0.25, -0.2) is 4.79 Å². The number of rotatable bonds is 12. The molecule has 0 aliphatic heterocycles. The van der Waals surface area contributed by atoms with Gasteiger partial charge in [-0.15, -0.1) is 0 Å². The van der Waals surface area contributed by atoms with Gasteiger partial charge in [0.2, 0.25) is 0 Å². The monoisotopic (exact) mass is 474 g/mol. The number of halogens is 3. The molecule has 0 radical (unpaired) electrons. The van der Waals surface area contributed by atoms with E-state index in [0.29, 0.717) is 31.5 Å². The van der Waals surface area contributed by atoms with Crippen molar-refractivity contribution in [3.8, 4) is 5.75 Å². The normalized spacial score (nSPS) is 19.0. The highest BCUT2D eigenvalue weighted by Crippen LogP contribution is 2.33. The van der Waals surface area contributed by atoms with Gasteiger partial charge in [-0.05, 0) is 61.9 Å². The van der Waals surface area contributed by atoms with Crippen molar-refractivity contribution >= 4 is 6.09 Å². The second kappa shape index (κ2) is 13.8. The van der Waals surface area contributed by atoms with E-state index in [2.05, 4.69) is 4.90 Å². The molecule has 33 heavy (non-hydrogen) atoms. The van der Waals surface area contributed by atoms with Crippen molar-refractivity contribution in [2.24, 2.45) is 11.8 Å². The quantitative estimate of drug-likeness (QED) is 0.470. The van der Waals surface area contributed by atoms with E-state index in [1.807, 2.05) is 0 Å². The van der Waals surface area contributed by atoms with E-state index in [0.717, 1.165) is 62.9 Å². The largest absolute Gasteiger partial charge is 0.416 e. The van der Waals surface area contributed by atoms with Crippen molar-refractivity contribution in [3.05, 3.63) is 29.8 Å². The van der Waals surface area contributed by atoms with Gasteiger partial charge in [0.15, 0.2) is 0 Å². The summed E-state index contributed by atoms with van der Waals surface area (Å²) in [5.41, 5.74) is -0.779. The molecule has 0 aromatic heterocycles. The van der Waals surface area contributed by atoms with Crippen LogP contribution in [0.4, 0.5) is 18.0 Å². The zero-order valence-corrected chi connectivity index (χ0v) is 19.4. The number of benzene rings is 1. The molecule has 9 heteroatoms. The number of hydrogen-bond donors (Lipinski definition) is 2. The Morgan fingerprint density at radius 2 is 1.48 bits per heavy atom. The third kappa shape index (κ3) is 9.90. The fraction of sp³-hybridized carbons (Fsp3) is 0.708. The summed E-state index contributed by atoms with van der Waals surface area (Å²) in [4.78, 5) is 15.8. The molecule has 2 N–H and O–H groups in total. The molecule has 0 unspecified atom stereocenters. The minimum atomic E-state index is -4.42. The zero-order chi connectivity index (χ0) is 24.3. The van der Waals surface area contributed by atoms with Gasteiger partial charge in [-0.1, -0.05) is 25.7 Å². The maximum absolute atomic E-state index is 12.6. The van der Waals surface area contributed by atoms with Crippen LogP contribution in [0.15, 0.2) is 24.3 Å². The number of alkyl halides is 3. The molecule has 1 amide bonds. The summed E-state index contributed by atoms with van der Waals surface area (Å²) in [5, 5.41) is 18.2. The van der Waals surface area contributed by atoms with E-state index in [1.54, 1.807) is 7.05 Å². The van der Waals surface area contributed by atoms with Crippen molar-refractivity contribution in [2.45, 2.75) is 51.1 Å². The molecule has 1 fully saturated rings. The molecule has 1 saturated carbocycles. The predicted molar refractivity (Wildman–Crippen MR) is 120 cm³/mol. The summed E-state index contributed by atoms with van der Waals surface area (Å²) in [6.45, 7) is 2.86. The van der Waals surface area contributed by atoms with Gasteiger partial charge < -0.3 is 19.8 Å². The summed E-state index contributed by atoms with van der Waals surface area (Å²) in [6.07, 6.45) is 2.71. The number of hydrogen-bond acceptors (Lipinski definition) is 5. The maximum atomic E-state index is 12.6. The molecule has 1 aromatic carbocycles. The van der Waals surface area contributed by atoms with Gasteiger partial charge in [0, 0.05) is 26.7 Å². The molecular formula is C24H37F3N2O4.